The van der Waals surface area contributed by atoms with E-state index in [2.05, 4.69) is 25.9 Å². The monoisotopic (exact) mass is 575 g/mol. The van der Waals surface area contributed by atoms with Crippen molar-refractivity contribution in [3.63, 3.8) is 0 Å². The van der Waals surface area contributed by atoms with Crippen molar-refractivity contribution >= 4 is 40.6 Å². The maximum atomic E-state index is 13.4. The van der Waals surface area contributed by atoms with Gasteiger partial charge in [0.2, 0.25) is 17.7 Å². The highest BCUT2D eigenvalue weighted by Gasteiger charge is 2.30. The molecule has 15 nitrogen and oxygen atoms in total. The predicted octanol–water partition coefficient (Wildman–Crippen LogP) is -2.25. The Morgan fingerprint density at radius 2 is 1.54 bits per heavy atom. The number of hydrogen-bond donors (Lipinski definition) is 10. The van der Waals surface area contributed by atoms with E-state index in [4.69, 9.17) is 22.9 Å². The number of nitrogens with two attached hydrogens (primary N) is 4. The summed E-state index contributed by atoms with van der Waals surface area (Å²) in [7, 11) is 0. The van der Waals surface area contributed by atoms with Gasteiger partial charge in [0.1, 0.15) is 24.2 Å². The predicted molar refractivity (Wildman–Crippen MR) is 153 cm³/mol. The van der Waals surface area contributed by atoms with Crippen molar-refractivity contribution in [2.24, 2.45) is 27.9 Å². The number of aliphatic hydroxyl groups excluding tert-OH is 1. The lowest BCUT2D eigenvalue weighted by Gasteiger charge is -2.25. The van der Waals surface area contributed by atoms with E-state index in [0.29, 0.717) is 31.4 Å². The van der Waals surface area contributed by atoms with Gasteiger partial charge in [-0.15, -0.1) is 0 Å². The fourth-order valence-electron chi connectivity index (χ4n) is 4.16. The van der Waals surface area contributed by atoms with Crippen LogP contribution in [0.3, 0.4) is 0 Å². The largest absolute Gasteiger partial charge is 0.480 e. The Hall–Kier alpha value is -4.21. The van der Waals surface area contributed by atoms with E-state index in [9.17, 15) is 29.4 Å². The van der Waals surface area contributed by atoms with E-state index >= 15 is 0 Å². The van der Waals surface area contributed by atoms with Gasteiger partial charge in [-0.3, -0.25) is 19.4 Å². The zero-order valence-corrected chi connectivity index (χ0v) is 22.8. The van der Waals surface area contributed by atoms with E-state index in [1.165, 1.54) is 0 Å². The molecule has 0 aliphatic rings. The topological polar surface area (TPSA) is 277 Å². The zero-order chi connectivity index (χ0) is 30.4. The number of carboxylic acids is 1. The first-order valence-corrected chi connectivity index (χ1v) is 13.4. The number of nitrogens with one attached hydrogen (secondary N) is 4. The highest BCUT2D eigenvalue weighted by atomic mass is 16.4. The number of nitrogens with zero attached hydrogens (tertiary/aromatic N) is 1. The van der Waals surface area contributed by atoms with Gasteiger partial charge >= 0.3 is 5.97 Å². The van der Waals surface area contributed by atoms with Crippen LogP contribution in [-0.2, 0) is 25.6 Å². The van der Waals surface area contributed by atoms with Crippen LogP contribution in [0.1, 0.15) is 37.7 Å². The number of benzene rings is 1. The molecule has 226 valence electrons. The molecule has 4 atom stereocenters. The molecular formula is C26H41N9O6. The maximum Gasteiger partial charge on any atom is 0.326 e. The quantitative estimate of drug-likeness (QED) is 0.0518. The van der Waals surface area contributed by atoms with Crippen molar-refractivity contribution in [2.75, 3.05) is 19.7 Å². The Morgan fingerprint density at radius 1 is 0.902 bits per heavy atom. The highest BCUT2D eigenvalue weighted by Crippen LogP contribution is 2.19. The van der Waals surface area contributed by atoms with Crippen LogP contribution in [0.4, 0.5) is 0 Å². The molecule has 0 radical (unpaired) electrons. The number of carbonyl (C=O) groups is 4. The summed E-state index contributed by atoms with van der Waals surface area (Å²) in [6.45, 7) is -0.0767. The van der Waals surface area contributed by atoms with Gasteiger partial charge in [-0.1, -0.05) is 18.2 Å². The summed E-state index contributed by atoms with van der Waals surface area (Å²) in [6.07, 6.45) is 3.36. The molecule has 0 fully saturated rings. The van der Waals surface area contributed by atoms with E-state index in [1.807, 2.05) is 24.3 Å². The maximum absolute atomic E-state index is 13.4. The number of hydrogen-bond acceptors (Lipinski definition) is 8. The smallest absolute Gasteiger partial charge is 0.326 e. The van der Waals surface area contributed by atoms with Gasteiger partial charge in [0, 0.05) is 30.1 Å². The van der Waals surface area contributed by atoms with E-state index in [-0.39, 0.29) is 31.8 Å². The lowest BCUT2D eigenvalue weighted by Crippen LogP contribution is -2.58. The minimum atomic E-state index is -1.27. The fourth-order valence-corrected chi connectivity index (χ4v) is 4.16. The molecule has 1 heterocycles. The lowest BCUT2D eigenvalue weighted by atomic mass is 10.0. The van der Waals surface area contributed by atoms with Crippen LogP contribution in [0, 0.1) is 0 Å². The van der Waals surface area contributed by atoms with E-state index in [0.717, 1.165) is 10.9 Å². The molecule has 0 aliphatic carbocycles. The number of aromatic nitrogens is 1. The standard InChI is InChI=1S/C26H41N9O6/c27-10-4-3-8-20(25(40)41)34-24(39)21(12-15-13-32-18-7-2-1-6-16(15)18)35-23(38)19(9-5-11-31-26(29)30)33-22(37)17(28)14-36/h1-2,6-7,13,17,19-21,32,36H,3-5,8-12,14,27-28H2,(H,33,37)(H,34,39)(H,35,38)(H,40,41)(H4,29,30,31). The molecule has 0 spiro atoms. The summed E-state index contributed by atoms with van der Waals surface area (Å²) in [5.74, 6) is -3.52. The number of aliphatic carboxylic acids is 1. The number of aliphatic hydroxyl groups is 1. The fraction of sp³-hybridized carbons (Fsp3) is 0.500. The van der Waals surface area contributed by atoms with Gasteiger partial charge in [-0.2, -0.15) is 0 Å². The molecule has 14 N–H and O–H groups in total. The summed E-state index contributed by atoms with van der Waals surface area (Å²) in [6, 6.07) is 2.60. The molecule has 4 unspecified atom stereocenters. The molecule has 1 aromatic carbocycles. The first-order valence-electron chi connectivity index (χ1n) is 13.4. The van der Waals surface area contributed by atoms with Crippen LogP contribution in [0.5, 0.6) is 0 Å². The highest BCUT2D eigenvalue weighted by molar-refractivity contribution is 5.94. The number of carboxylic acid groups (broad SMARTS) is 1. The Labute approximate surface area is 237 Å². The third-order valence-corrected chi connectivity index (χ3v) is 6.41. The van der Waals surface area contributed by atoms with Gasteiger partial charge in [0.05, 0.1) is 6.61 Å². The number of H-pyrrole nitrogens is 1. The molecular weight excluding hydrogens is 534 g/mol. The van der Waals surface area contributed by atoms with Gasteiger partial charge in [-0.25, -0.2) is 4.79 Å². The van der Waals surface area contributed by atoms with Crippen molar-refractivity contribution in [3.8, 4) is 0 Å². The third-order valence-electron chi connectivity index (χ3n) is 6.41. The summed E-state index contributed by atoms with van der Waals surface area (Å²) < 4.78 is 0. The number of carbonyl (C=O) groups excluding carboxylic acids is 3. The van der Waals surface area contributed by atoms with Crippen LogP contribution in [-0.4, -0.2) is 88.7 Å². The third kappa shape index (κ3) is 10.7. The van der Waals surface area contributed by atoms with Crippen molar-refractivity contribution in [2.45, 2.75) is 62.7 Å². The van der Waals surface area contributed by atoms with Crippen molar-refractivity contribution in [3.05, 3.63) is 36.0 Å². The van der Waals surface area contributed by atoms with Gasteiger partial charge in [0.25, 0.3) is 0 Å². The van der Waals surface area contributed by atoms with Crippen molar-refractivity contribution < 1.29 is 29.4 Å². The molecule has 0 saturated carbocycles. The van der Waals surface area contributed by atoms with Gasteiger partial charge in [-0.05, 0) is 50.3 Å². The molecule has 41 heavy (non-hydrogen) atoms. The number of guanidine groups is 1. The van der Waals surface area contributed by atoms with Crippen LogP contribution in [0.2, 0.25) is 0 Å². The van der Waals surface area contributed by atoms with Crippen molar-refractivity contribution in [1.29, 1.82) is 0 Å². The summed E-state index contributed by atoms with van der Waals surface area (Å²) in [5, 5.41) is 27.4. The second-order valence-electron chi connectivity index (χ2n) is 9.61. The molecule has 0 aliphatic heterocycles. The summed E-state index contributed by atoms with van der Waals surface area (Å²) in [5.41, 5.74) is 23.3. The SMILES string of the molecule is NCCCCC(NC(=O)C(Cc1c[nH]c2ccccc12)NC(=O)C(CCCN=C(N)N)NC(=O)C(N)CO)C(=O)O. The molecule has 0 bridgehead atoms. The van der Waals surface area contributed by atoms with E-state index < -0.39 is 54.5 Å². The number of aliphatic imine (C=N–C) groups is 1. The van der Waals surface area contributed by atoms with Crippen LogP contribution in [0.25, 0.3) is 10.9 Å². The average Bonchev–Trinajstić information content (AvgIpc) is 3.35. The first-order chi connectivity index (χ1) is 19.6. The second kappa shape index (κ2) is 16.8. The molecule has 3 amide bonds. The normalized spacial score (nSPS) is 13.9. The van der Waals surface area contributed by atoms with Crippen LogP contribution < -0.4 is 38.9 Å². The molecule has 0 saturated heterocycles. The minimum Gasteiger partial charge on any atom is -0.480 e. The Morgan fingerprint density at radius 3 is 2.20 bits per heavy atom. The zero-order valence-electron chi connectivity index (χ0n) is 22.8. The number of para-hydroxylation sites is 1. The summed E-state index contributed by atoms with van der Waals surface area (Å²) >= 11 is 0. The Balaban J connectivity index is 2.31. The average molecular weight is 576 g/mol. The van der Waals surface area contributed by atoms with E-state index in [1.54, 1.807) is 6.20 Å². The Kier molecular flexibility index (Phi) is 13.5. The number of fused-ring (bicyclic) bond motifs is 1. The second-order valence-corrected chi connectivity index (χ2v) is 9.61. The molecule has 2 aromatic rings. The number of unbranched alkanes of at least 4 members (excludes halogenated alkanes) is 1. The first kappa shape index (κ1) is 33.0. The van der Waals surface area contributed by atoms with Crippen LogP contribution >= 0.6 is 0 Å². The number of rotatable bonds is 18. The molecule has 1 aromatic heterocycles. The van der Waals surface area contributed by atoms with Gasteiger partial charge < -0.3 is 54.1 Å². The van der Waals surface area contributed by atoms with Crippen molar-refractivity contribution in [1.82, 2.24) is 20.9 Å². The van der Waals surface area contributed by atoms with Crippen LogP contribution in [0.15, 0.2) is 35.5 Å². The lowest BCUT2D eigenvalue weighted by molar-refractivity contribution is -0.142. The van der Waals surface area contributed by atoms with Gasteiger partial charge in [0.15, 0.2) is 5.96 Å². The minimum absolute atomic E-state index is 0.0293. The number of aromatic amines is 1. The molecule has 15 heteroatoms. The number of amides is 3. The summed E-state index contributed by atoms with van der Waals surface area (Å²) in [4.78, 5) is 58.0. The Bertz CT molecular complexity index is 1200. The molecule has 2 rings (SSSR count).